The molecule has 1 aliphatic rings. The van der Waals surface area contributed by atoms with Crippen LogP contribution < -0.4 is 0 Å². The largest absolute Gasteiger partial charge is 0.489 e. The lowest BCUT2D eigenvalue weighted by atomic mass is 9.95. The Morgan fingerprint density at radius 2 is 1.50 bits per heavy atom. The van der Waals surface area contributed by atoms with Crippen LogP contribution in [-0.2, 0) is 16.1 Å². The molecule has 1 atom stereocenters. The number of nitrogens with zero attached hydrogens (tertiary/aromatic N) is 3. The van der Waals surface area contributed by atoms with Crippen molar-refractivity contribution in [3.63, 3.8) is 0 Å². The molecule has 9 heteroatoms. The summed E-state index contributed by atoms with van der Waals surface area (Å²) in [5.41, 5.74) is 3.54. The molecule has 0 aromatic heterocycles. The Kier molecular flexibility index (Phi) is 27.8. The van der Waals surface area contributed by atoms with E-state index in [1.54, 1.807) is 39.3 Å². The molecule has 1 fully saturated rings. The highest BCUT2D eigenvalue weighted by Gasteiger charge is 2.34. The molecule has 1 saturated carbocycles. The molecule has 0 heterocycles. The van der Waals surface area contributed by atoms with Gasteiger partial charge in [0.25, 0.3) is 0 Å². The number of rotatable bonds is 19. The van der Waals surface area contributed by atoms with Crippen LogP contribution in [0, 0.1) is 17.8 Å². The Balaban J connectivity index is 0. The second-order valence-corrected chi connectivity index (χ2v) is 14.0. The Hall–Kier alpha value is -3.75. The average Bonchev–Trinajstić information content (AvgIpc) is 4.03. The Bertz CT molecular complexity index is 1480. The highest BCUT2D eigenvalue weighted by molar-refractivity contribution is 6.05. The van der Waals surface area contributed by atoms with Gasteiger partial charge in [0.15, 0.2) is 0 Å². The van der Waals surface area contributed by atoms with Gasteiger partial charge in [-0.05, 0) is 94.3 Å². The number of halogens is 4. The van der Waals surface area contributed by atoms with Gasteiger partial charge < -0.3 is 9.47 Å². The first-order valence-corrected chi connectivity index (χ1v) is 20.5. The van der Waals surface area contributed by atoms with Crippen LogP contribution in [0.1, 0.15) is 153 Å². The number of allylic oxidation sites excluding steroid dienone is 5. The van der Waals surface area contributed by atoms with Gasteiger partial charge in [0.2, 0.25) is 5.88 Å². The molecule has 0 N–H and O–H groups in total. The van der Waals surface area contributed by atoms with Crippen LogP contribution >= 0.6 is 0 Å². The van der Waals surface area contributed by atoms with E-state index >= 15 is 0 Å². The van der Waals surface area contributed by atoms with Crippen LogP contribution in [0.25, 0.3) is 0 Å². The van der Waals surface area contributed by atoms with Crippen molar-refractivity contribution in [2.24, 2.45) is 32.7 Å². The Labute approximate surface area is 339 Å². The first-order valence-electron chi connectivity index (χ1n) is 20.5. The molecule has 1 aliphatic carbocycles. The molecule has 1 aromatic carbocycles. The van der Waals surface area contributed by atoms with Gasteiger partial charge in [-0.15, -0.1) is 0 Å². The highest BCUT2D eigenvalue weighted by Crippen LogP contribution is 2.41. The smallest absolute Gasteiger partial charge is 0.433 e. The lowest BCUT2D eigenvalue weighted by molar-refractivity contribution is -0.0924. The van der Waals surface area contributed by atoms with Crippen LogP contribution in [0.2, 0.25) is 0 Å². The summed E-state index contributed by atoms with van der Waals surface area (Å²) < 4.78 is 64.4. The zero-order valence-corrected chi connectivity index (χ0v) is 37.5. The molecular weight excluding hydrogens is 715 g/mol. The molecule has 0 saturated heterocycles. The van der Waals surface area contributed by atoms with Crippen LogP contribution in [-0.4, -0.2) is 36.6 Å². The number of unbranched alkanes of at least 4 members (excludes halogenated alkanes) is 1. The van der Waals surface area contributed by atoms with Crippen LogP contribution in [0.4, 0.5) is 17.6 Å². The number of methoxy groups -OCH3 is 1. The fraction of sp³-hybridized carbons (Fsp3) is 0.596. The summed E-state index contributed by atoms with van der Waals surface area (Å²) in [5.74, 6) is 1.43. The van der Waals surface area contributed by atoms with Crippen molar-refractivity contribution in [2.75, 3.05) is 7.11 Å². The van der Waals surface area contributed by atoms with Crippen molar-refractivity contribution < 1.29 is 27.0 Å². The normalized spacial score (nSPS) is 15.1. The van der Waals surface area contributed by atoms with E-state index in [2.05, 4.69) is 37.0 Å². The minimum absolute atomic E-state index is 0.132. The minimum atomic E-state index is -4.51. The Morgan fingerprint density at radius 3 is 1.91 bits per heavy atom. The molecular formula is C47H75F4N3O2. The summed E-state index contributed by atoms with van der Waals surface area (Å²) in [5, 5.41) is 0. The molecule has 1 unspecified atom stereocenters. The van der Waals surface area contributed by atoms with Gasteiger partial charge in [-0.1, -0.05) is 126 Å². The van der Waals surface area contributed by atoms with Gasteiger partial charge in [-0.3, -0.25) is 4.99 Å². The molecule has 0 aliphatic heterocycles. The first-order chi connectivity index (χ1) is 26.4. The van der Waals surface area contributed by atoms with Gasteiger partial charge in [0.1, 0.15) is 23.7 Å². The third-order valence-electron chi connectivity index (χ3n) is 8.97. The second-order valence-electron chi connectivity index (χ2n) is 14.0. The number of hydrogen-bond donors (Lipinski definition) is 0. The summed E-state index contributed by atoms with van der Waals surface area (Å²) in [6.45, 7) is 34.9. The maximum Gasteiger partial charge on any atom is 0.433 e. The average molecular weight is 790 g/mol. The molecule has 0 spiro atoms. The Morgan fingerprint density at radius 1 is 0.946 bits per heavy atom. The molecule has 1 aromatic rings. The molecule has 318 valence electrons. The number of aliphatic imine (C=N–C) groups is 3. The predicted octanol–water partition coefficient (Wildman–Crippen LogP) is 15.3. The van der Waals surface area contributed by atoms with Gasteiger partial charge in [-0.2, -0.15) is 13.2 Å². The molecule has 0 amide bonds. The maximum atomic E-state index is 13.4. The monoisotopic (exact) mass is 790 g/mol. The van der Waals surface area contributed by atoms with E-state index in [0.717, 1.165) is 72.6 Å². The zero-order chi connectivity index (χ0) is 43.6. The first kappa shape index (κ1) is 54.4. The lowest BCUT2D eigenvalue weighted by Gasteiger charge is -2.17. The standard InChI is InChI=1S/C37H50F3N3O2.C6H13F.2C2H6/c1-10-14-22-41-36(44-9)34(27(7)30-20-21-30)32(15-11-2)42-23-26(6)28(8)45-24-29-16-18-31(19-17-29)35(25(5)12-3)43-33(13-4)37(38,39)40;1-5(2)6(3,4)7;2*1-2/h13,16-19,22-23,25,30H,7-8,10-12,14-15,20-21,24H2,1-6,9H3;5H,1-4H3;2*1-2H3/b26-23-,33-13-,36-34-,41-22-,42-32-,43-35?;;;. The van der Waals surface area contributed by atoms with E-state index in [4.69, 9.17) is 14.5 Å². The molecule has 2 rings (SSSR count). The summed E-state index contributed by atoms with van der Waals surface area (Å²) in [7, 11) is 1.63. The van der Waals surface area contributed by atoms with Gasteiger partial charge in [-0.25, -0.2) is 14.4 Å². The van der Waals surface area contributed by atoms with Gasteiger partial charge >= 0.3 is 6.18 Å². The van der Waals surface area contributed by atoms with Crippen molar-refractivity contribution in [3.8, 4) is 0 Å². The lowest BCUT2D eigenvalue weighted by Crippen LogP contribution is -2.19. The zero-order valence-electron chi connectivity index (χ0n) is 37.5. The van der Waals surface area contributed by atoms with E-state index in [-0.39, 0.29) is 18.4 Å². The fourth-order valence-corrected chi connectivity index (χ4v) is 4.45. The van der Waals surface area contributed by atoms with Crippen molar-refractivity contribution in [1.29, 1.82) is 0 Å². The summed E-state index contributed by atoms with van der Waals surface area (Å²) in [6.07, 6.45) is 6.49. The van der Waals surface area contributed by atoms with Crippen molar-refractivity contribution >= 4 is 17.6 Å². The maximum absolute atomic E-state index is 13.4. The predicted molar refractivity (Wildman–Crippen MR) is 234 cm³/mol. The number of alkyl halides is 4. The molecule has 56 heavy (non-hydrogen) atoms. The van der Waals surface area contributed by atoms with Crippen LogP contribution in [0.15, 0.2) is 98.7 Å². The molecule has 0 bridgehead atoms. The summed E-state index contributed by atoms with van der Waals surface area (Å²) in [6, 6.07) is 7.26. The van der Waals surface area contributed by atoms with E-state index in [1.165, 1.54) is 6.92 Å². The minimum Gasteiger partial charge on any atom is -0.489 e. The topological polar surface area (TPSA) is 55.5 Å². The van der Waals surface area contributed by atoms with Gasteiger partial charge in [0, 0.05) is 18.0 Å². The number of ether oxygens (including phenoxy) is 2. The highest BCUT2D eigenvalue weighted by atomic mass is 19.4. The number of benzene rings is 1. The van der Waals surface area contributed by atoms with Crippen molar-refractivity contribution in [3.05, 3.63) is 94.9 Å². The number of hydrogen-bond acceptors (Lipinski definition) is 5. The van der Waals surface area contributed by atoms with E-state index in [9.17, 15) is 17.6 Å². The van der Waals surface area contributed by atoms with Crippen LogP contribution in [0.5, 0.6) is 0 Å². The van der Waals surface area contributed by atoms with E-state index in [0.29, 0.717) is 35.3 Å². The van der Waals surface area contributed by atoms with Crippen LogP contribution in [0.3, 0.4) is 0 Å². The summed E-state index contributed by atoms with van der Waals surface area (Å²) in [4.78, 5) is 13.5. The molecule has 5 nitrogen and oxygen atoms in total. The van der Waals surface area contributed by atoms with Crippen molar-refractivity contribution in [1.82, 2.24) is 0 Å². The quantitative estimate of drug-likeness (QED) is 0.0607. The molecule has 0 radical (unpaired) electrons. The third kappa shape index (κ3) is 20.4. The summed E-state index contributed by atoms with van der Waals surface area (Å²) >= 11 is 0. The van der Waals surface area contributed by atoms with E-state index in [1.807, 2.05) is 80.7 Å². The third-order valence-corrected chi connectivity index (χ3v) is 8.97. The fourth-order valence-electron chi connectivity index (χ4n) is 4.45. The van der Waals surface area contributed by atoms with Gasteiger partial charge in [0.05, 0.1) is 24.1 Å². The van der Waals surface area contributed by atoms with Crippen molar-refractivity contribution in [2.45, 2.75) is 160 Å². The SMILES string of the molecule is C=C(OCc1ccc(C(=N/C(=C\C)C(F)(F)F)C(C)CC)cc1)\C(C)=C/N=C(CCC)\C(C(=C)C1CC1)=C(\N=C/CCC)OC.CC.CC.CC(C)C(C)(C)F. The van der Waals surface area contributed by atoms with E-state index < -0.39 is 17.5 Å². The second kappa shape index (κ2) is 28.6.